The summed E-state index contributed by atoms with van der Waals surface area (Å²) in [5, 5.41) is 9.55. The van der Waals surface area contributed by atoms with E-state index in [1.165, 1.54) is 36.2 Å². The minimum absolute atomic E-state index is 0.0310. The summed E-state index contributed by atoms with van der Waals surface area (Å²) >= 11 is 0. The Balaban J connectivity index is 1.31. The average Bonchev–Trinajstić information content (AvgIpc) is 3.30. The number of amides is 1. The van der Waals surface area contributed by atoms with Crippen molar-refractivity contribution in [3.63, 3.8) is 0 Å². The fourth-order valence-electron chi connectivity index (χ4n) is 5.04. The number of ether oxygens (including phenoxy) is 1. The molecule has 0 saturated carbocycles. The molecule has 218 valence electrons. The third-order valence-electron chi connectivity index (χ3n) is 7.61. The lowest BCUT2D eigenvalue weighted by atomic mass is 9.97. The van der Waals surface area contributed by atoms with Gasteiger partial charge in [-0.05, 0) is 81.9 Å². The number of benzene rings is 1. The predicted octanol–water partition coefficient (Wildman–Crippen LogP) is 5.26. The van der Waals surface area contributed by atoms with E-state index in [-0.39, 0.29) is 49.0 Å². The van der Waals surface area contributed by atoms with Crippen molar-refractivity contribution in [2.24, 2.45) is 5.92 Å². The molecule has 2 fully saturated rings. The van der Waals surface area contributed by atoms with Gasteiger partial charge in [-0.2, -0.15) is 22.0 Å². The molecule has 0 radical (unpaired) electrons. The zero-order valence-corrected chi connectivity index (χ0v) is 21.7. The molecule has 2 saturated heterocycles. The highest BCUT2D eigenvalue weighted by Crippen LogP contribution is 2.37. The van der Waals surface area contributed by atoms with E-state index >= 15 is 0 Å². The number of carbonyl (C=O) groups is 2. The number of aliphatic carboxylic acids is 1. The predicted molar refractivity (Wildman–Crippen MR) is 132 cm³/mol. The molecule has 1 atom stereocenters. The molecule has 40 heavy (non-hydrogen) atoms. The van der Waals surface area contributed by atoms with Crippen LogP contribution in [-0.4, -0.2) is 82.2 Å². The van der Waals surface area contributed by atoms with Crippen LogP contribution < -0.4 is 4.74 Å². The van der Waals surface area contributed by atoms with Crippen LogP contribution in [0.1, 0.15) is 43.0 Å². The van der Waals surface area contributed by atoms with E-state index in [1.807, 2.05) is 0 Å². The number of likely N-dealkylation sites (tertiary alicyclic amines) is 2. The number of rotatable bonds is 8. The summed E-state index contributed by atoms with van der Waals surface area (Å²) in [6, 6.07) is 6.97. The van der Waals surface area contributed by atoms with Crippen molar-refractivity contribution in [2.45, 2.75) is 50.2 Å². The van der Waals surface area contributed by atoms with Gasteiger partial charge in [-0.1, -0.05) is 0 Å². The van der Waals surface area contributed by atoms with Crippen LogP contribution in [0.4, 0.5) is 26.3 Å². The fourth-order valence-corrected chi connectivity index (χ4v) is 5.04. The second-order valence-corrected chi connectivity index (χ2v) is 10.4. The van der Waals surface area contributed by atoms with E-state index < -0.39 is 41.9 Å². The standard InChI is InChI=1S/C27H29F6N3O4/c1-25(24(38)39)9-2-10-36(25)23(37)18-3-5-20(21(28)13-18)22-6-4-19(14-34-22)40-15-17-7-11-35(12-8-17)16-26(29,30)27(31,32)33/h3-6,13-14,17H,2,7-12,15-16H2,1H3,(H,38,39)/t25-/m0/s1. The van der Waals surface area contributed by atoms with Crippen LogP contribution in [0.15, 0.2) is 36.5 Å². The van der Waals surface area contributed by atoms with Gasteiger partial charge >= 0.3 is 18.1 Å². The number of hydrogen-bond acceptors (Lipinski definition) is 5. The number of alkyl halides is 5. The van der Waals surface area contributed by atoms with Crippen LogP contribution in [0.5, 0.6) is 5.75 Å². The first-order valence-corrected chi connectivity index (χ1v) is 12.8. The number of piperidine rings is 1. The van der Waals surface area contributed by atoms with Gasteiger partial charge in [0.1, 0.15) is 17.1 Å². The molecule has 0 spiro atoms. The van der Waals surface area contributed by atoms with Crippen molar-refractivity contribution in [1.29, 1.82) is 0 Å². The fraction of sp³-hybridized carbons (Fsp3) is 0.519. The number of nitrogens with zero attached hydrogens (tertiary/aromatic N) is 3. The average molecular weight is 574 g/mol. The summed E-state index contributed by atoms with van der Waals surface area (Å²) in [6.45, 7) is 0.801. The lowest BCUT2D eigenvalue weighted by Crippen LogP contribution is -2.50. The summed E-state index contributed by atoms with van der Waals surface area (Å²) in [5.41, 5.74) is -0.904. The molecule has 1 N–H and O–H groups in total. The van der Waals surface area contributed by atoms with Crippen LogP contribution >= 0.6 is 0 Å². The molecule has 0 unspecified atom stereocenters. The zero-order chi connectivity index (χ0) is 29.3. The van der Waals surface area contributed by atoms with E-state index in [0.29, 0.717) is 31.4 Å². The summed E-state index contributed by atoms with van der Waals surface area (Å²) in [4.78, 5) is 31.2. The van der Waals surface area contributed by atoms with Gasteiger partial charge in [0.25, 0.3) is 5.91 Å². The number of halogens is 6. The van der Waals surface area contributed by atoms with Crippen LogP contribution in [-0.2, 0) is 4.79 Å². The Morgan fingerprint density at radius 1 is 1.10 bits per heavy atom. The van der Waals surface area contributed by atoms with Crippen LogP contribution in [0.2, 0.25) is 0 Å². The Bertz CT molecular complexity index is 1230. The van der Waals surface area contributed by atoms with Gasteiger partial charge in [0.15, 0.2) is 0 Å². The number of carboxylic acids is 1. The number of carbonyl (C=O) groups excluding carboxylic acids is 1. The quantitative estimate of drug-likeness (QED) is 0.435. The minimum Gasteiger partial charge on any atom is -0.492 e. The Labute approximate surface area is 226 Å². The zero-order valence-electron chi connectivity index (χ0n) is 21.7. The van der Waals surface area contributed by atoms with E-state index in [2.05, 4.69) is 4.98 Å². The van der Waals surface area contributed by atoms with Crippen molar-refractivity contribution in [3.8, 4) is 17.0 Å². The molecule has 4 rings (SSSR count). The van der Waals surface area contributed by atoms with Gasteiger partial charge in [-0.25, -0.2) is 9.18 Å². The van der Waals surface area contributed by atoms with E-state index in [1.54, 1.807) is 6.07 Å². The molecule has 3 heterocycles. The molecule has 7 nitrogen and oxygen atoms in total. The number of pyridine rings is 1. The SMILES string of the molecule is C[C@@]1(C(=O)O)CCCN1C(=O)c1ccc(-c2ccc(OCC3CCN(CC(F)(F)C(F)(F)F)CC3)cn2)c(F)c1. The normalized spacial score (nSPS) is 21.0. The molecule has 2 aliphatic heterocycles. The topological polar surface area (TPSA) is 83.0 Å². The molecule has 2 aromatic rings. The Kier molecular flexibility index (Phi) is 8.34. The lowest BCUT2D eigenvalue weighted by molar-refractivity contribution is -0.287. The third-order valence-corrected chi connectivity index (χ3v) is 7.61. The smallest absolute Gasteiger partial charge is 0.454 e. The number of carboxylic acid groups (broad SMARTS) is 1. The Morgan fingerprint density at radius 3 is 2.38 bits per heavy atom. The van der Waals surface area contributed by atoms with Gasteiger partial charge in [-0.15, -0.1) is 0 Å². The Morgan fingerprint density at radius 2 is 1.80 bits per heavy atom. The molecule has 1 aromatic heterocycles. The minimum atomic E-state index is -5.58. The highest BCUT2D eigenvalue weighted by molar-refractivity contribution is 5.98. The number of aromatic nitrogens is 1. The highest BCUT2D eigenvalue weighted by atomic mass is 19.4. The van der Waals surface area contributed by atoms with E-state index in [9.17, 15) is 41.0 Å². The summed E-state index contributed by atoms with van der Waals surface area (Å²) in [6.07, 6.45) is -2.54. The van der Waals surface area contributed by atoms with Gasteiger partial charge in [0.2, 0.25) is 0 Å². The molecular formula is C27H29F6N3O4. The second-order valence-electron chi connectivity index (χ2n) is 10.4. The lowest BCUT2D eigenvalue weighted by Gasteiger charge is -2.34. The first-order valence-electron chi connectivity index (χ1n) is 12.8. The summed E-state index contributed by atoms with van der Waals surface area (Å²) < 4.78 is 84.5. The molecule has 0 bridgehead atoms. The van der Waals surface area contributed by atoms with Gasteiger partial charge in [0, 0.05) is 17.7 Å². The van der Waals surface area contributed by atoms with Crippen molar-refractivity contribution in [1.82, 2.24) is 14.8 Å². The summed E-state index contributed by atoms with van der Waals surface area (Å²) in [5.74, 6) is -6.79. The van der Waals surface area contributed by atoms with E-state index in [0.717, 1.165) is 11.0 Å². The maximum Gasteiger partial charge on any atom is 0.454 e. The van der Waals surface area contributed by atoms with E-state index in [4.69, 9.17) is 4.74 Å². The maximum atomic E-state index is 15.0. The van der Waals surface area contributed by atoms with Crippen molar-refractivity contribution >= 4 is 11.9 Å². The van der Waals surface area contributed by atoms with Crippen LogP contribution in [0.25, 0.3) is 11.3 Å². The molecule has 0 aliphatic carbocycles. The molecule has 1 amide bonds. The second kappa shape index (κ2) is 11.3. The Hall–Kier alpha value is -3.35. The molecule has 2 aliphatic rings. The van der Waals surface area contributed by atoms with Gasteiger partial charge < -0.3 is 14.7 Å². The largest absolute Gasteiger partial charge is 0.492 e. The third kappa shape index (κ3) is 6.18. The van der Waals surface area contributed by atoms with Gasteiger partial charge in [-0.3, -0.25) is 14.7 Å². The van der Waals surface area contributed by atoms with Crippen molar-refractivity contribution in [3.05, 3.63) is 47.9 Å². The summed E-state index contributed by atoms with van der Waals surface area (Å²) in [7, 11) is 0. The van der Waals surface area contributed by atoms with Crippen molar-refractivity contribution < 1.29 is 45.8 Å². The first-order chi connectivity index (χ1) is 18.7. The molecule has 1 aromatic carbocycles. The first kappa shape index (κ1) is 29.6. The van der Waals surface area contributed by atoms with Crippen LogP contribution in [0, 0.1) is 11.7 Å². The number of hydrogen-bond donors (Lipinski definition) is 1. The molecule has 13 heteroatoms. The van der Waals surface area contributed by atoms with Crippen molar-refractivity contribution in [2.75, 3.05) is 32.8 Å². The monoisotopic (exact) mass is 573 g/mol. The van der Waals surface area contributed by atoms with Gasteiger partial charge in [0.05, 0.1) is 25.0 Å². The maximum absolute atomic E-state index is 15.0. The highest BCUT2D eigenvalue weighted by Gasteiger charge is 2.58. The van der Waals surface area contributed by atoms with Crippen LogP contribution in [0.3, 0.4) is 0 Å². The molecular weight excluding hydrogens is 544 g/mol.